The fraction of sp³-hybridized carbons (Fsp3) is 0.421. The smallest absolute Gasteiger partial charge is 0.237 e. The molecule has 1 aromatic carbocycles. The van der Waals surface area contributed by atoms with Gasteiger partial charge in [-0.1, -0.05) is 43.6 Å². The minimum atomic E-state index is -0.129. The van der Waals surface area contributed by atoms with E-state index in [2.05, 4.69) is 36.0 Å². The summed E-state index contributed by atoms with van der Waals surface area (Å²) in [6.45, 7) is 6.99. The normalized spacial score (nSPS) is 17.2. The zero-order chi connectivity index (χ0) is 17.1. The van der Waals surface area contributed by atoms with Gasteiger partial charge < -0.3 is 14.8 Å². The molecule has 1 unspecified atom stereocenters. The molecule has 2 heterocycles. The van der Waals surface area contributed by atoms with E-state index in [0.29, 0.717) is 24.0 Å². The lowest BCUT2D eigenvalue weighted by Gasteiger charge is -2.38. The lowest BCUT2D eigenvalue weighted by molar-refractivity contribution is -0.132. The van der Waals surface area contributed by atoms with Crippen molar-refractivity contribution in [2.24, 2.45) is 5.92 Å². The zero-order valence-corrected chi connectivity index (χ0v) is 15.0. The van der Waals surface area contributed by atoms with Crippen LogP contribution < -0.4 is 5.32 Å². The maximum atomic E-state index is 12.8. The minimum absolute atomic E-state index is 0.119. The van der Waals surface area contributed by atoms with Crippen LogP contribution in [0, 0.1) is 5.92 Å². The largest absolute Gasteiger partial charge is 0.348 e. The Morgan fingerprint density at radius 3 is 2.79 bits per heavy atom. The van der Waals surface area contributed by atoms with Crippen LogP contribution in [0.2, 0.25) is 5.02 Å². The van der Waals surface area contributed by atoms with E-state index in [9.17, 15) is 4.79 Å². The van der Waals surface area contributed by atoms with Crippen LogP contribution >= 0.6 is 11.6 Å². The quantitative estimate of drug-likeness (QED) is 0.902. The van der Waals surface area contributed by atoms with E-state index >= 15 is 0 Å². The van der Waals surface area contributed by atoms with Crippen LogP contribution in [-0.4, -0.2) is 35.0 Å². The summed E-state index contributed by atoms with van der Waals surface area (Å²) in [6.07, 6.45) is 2.07. The van der Waals surface area contributed by atoms with Gasteiger partial charge in [0.25, 0.3) is 0 Å². The van der Waals surface area contributed by atoms with Crippen molar-refractivity contribution in [3.63, 3.8) is 0 Å². The molecule has 0 saturated heterocycles. The standard InChI is InChI=1S/C19H24ClN3O/c1-14(2)12-21-13-18(24)23-11-10-22-9-5-8-17(22)19(23)15-6-3-4-7-16(15)20/h3-9,14,19,21H,10-13H2,1-2H3. The predicted octanol–water partition coefficient (Wildman–Crippen LogP) is 3.32. The summed E-state index contributed by atoms with van der Waals surface area (Å²) in [6, 6.07) is 11.8. The average Bonchev–Trinajstić information content (AvgIpc) is 3.02. The molecule has 0 spiro atoms. The molecule has 1 N–H and O–H groups in total. The average molecular weight is 346 g/mol. The number of halogens is 1. The molecule has 5 heteroatoms. The zero-order valence-electron chi connectivity index (χ0n) is 14.2. The summed E-state index contributed by atoms with van der Waals surface area (Å²) in [5.41, 5.74) is 2.10. The van der Waals surface area contributed by atoms with E-state index in [1.165, 1.54) is 0 Å². The second kappa shape index (κ2) is 7.41. The van der Waals surface area contributed by atoms with Gasteiger partial charge in [0, 0.05) is 30.0 Å². The van der Waals surface area contributed by atoms with Gasteiger partial charge in [0.05, 0.1) is 12.6 Å². The van der Waals surface area contributed by atoms with Gasteiger partial charge in [0.2, 0.25) is 5.91 Å². The second-order valence-electron chi connectivity index (χ2n) is 6.66. The number of fused-ring (bicyclic) bond motifs is 1. The first-order valence-electron chi connectivity index (χ1n) is 8.47. The van der Waals surface area contributed by atoms with Gasteiger partial charge in [0.15, 0.2) is 0 Å². The van der Waals surface area contributed by atoms with E-state index in [1.807, 2.05) is 35.2 Å². The molecule has 3 rings (SSSR count). The summed E-state index contributed by atoms with van der Waals surface area (Å²) in [4.78, 5) is 14.8. The second-order valence-corrected chi connectivity index (χ2v) is 7.07. The lowest BCUT2D eigenvalue weighted by Crippen LogP contribution is -2.46. The number of aromatic nitrogens is 1. The molecule has 0 radical (unpaired) electrons. The molecule has 1 aliphatic rings. The molecular formula is C19H24ClN3O. The third-order valence-corrected chi connectivity index (χ3v) is 4.73. The number of amides is 1. The Labute approximate surface area is 148 Å². The first-order chi connectivity index (χ1) is 11.6. The third-order valence-electron chi connectivity index (χ3n) is 4.39. The van der Waals surface area contributed by atoms with Crippen molar-refractivity contribution in [2.75, 3.05) is 19.6 Å². The molecule has 2 aromatic rings. The fourth-order valence-electron chi connectivity index (χ4n) is 3.25. The SMILES string of the molecule is CC(C)CNCC(=O)N1CCn2cccc2C1c1ccccc1Cl. The summed E-state index contributed by atoms with van der Waals surface area (Å²) in [5.74, 6) is 0.642. The number of nitrogens with one attached hydrogen (secondary N) is 1. The molecule has 0 aliphatic carbocycles. The first-order valence-corrected chi connectivity index (χ1v) is 8.85. The van der Waals surface area contributed by atoms with Crippen molar-refractivity contribution in [1.29, 1.82) is 0 Å². The van der Waals surface area contributed by atoms with Gasteiger partial charge in [-0.25, -0.2) is 0 Å². The van der Waals surface area contributed by atoms with Crippen LogP contribution in [0.5, 0.6) is 0 Å². The molecule has 1 aromatic heterocycles. The van der Waals surface area contributed by atoms with E-state index in [4.69, 9.17) is 11.6 Å². The number of hydrogen-bond donors (Lipinski definition) is 1. The lowest BCUT2D eigenvalue weighted by atomic mass is 9.99. The molecule has 24 heavy (non-hydrogen) atoms. The van der Waals surface area contributed by atoms with Gasteiger partial charge in [-0.2, -0.15) is 0 Å². The molecule has 128 valence electrons. The Kier molecular flexibility index (Phi) is 5.27. The predicted molar refractivity (Wildman–Crippen MR) is 97.1 cm³/mol. The van der Waals surface area contributed by atoms with Crippen LogP contribution in [0.25, 0.3) is 0 Å². The number of carbonyl (C=O) groups is 1. The van der Waals surface area contributed by atoms with Crippen molar-refractivity contribution >= 4 is 17.5 Å². The number of carbonyl (C=O) groups excluding carboxylic acids is 1. The molecule has 1 amide bonds. The topological polar surface area (TPSA) is 37.3 Å². The summed E-state index contributed by atoms with van der Waals surface area (Å²) in [7, 11) is 0. The molecule has 1 aliphatic heterocycles. The Bertz CT molecular complexity index is 710. The number of hydrogen-bond acceptors (Lipinski definition) is 2. The van der Waals surface area contributed by atoms with Crippen LogP contribution in [0.3, 0.4) is 0 Å². The molecular weight excluding hydrogens is 322 g/mol. The van der Waals surface area contributed by atoms with E-state index < -0.39 is 0 Å². The van der Waals surface area contributed by atoms with E-state index in [-0.39, 0.29) is 11.9 Å². The number of nitrogens with zero attached hydrogens (tertiary/aromatic N) is 2. The van der Waals surface area contributed by atoms with E-state index in [0.717, 1.165) is 24.3 Å². The minimum Gasteiger partial charge on any atom is -0.348 e. The Morgan fingerprint density at radius 2 is 2.04 bits per heavy atom. The monoisotopic (exact) mass is 345 g/mol. The maximum absolute atomic E-state index is 12.8. The molecule has 1 atom stereocenters. The summed E-state index contributed by atoms with van der Waals surface area (Å²) in [5, 5.41) is 3.95. The van der Waals surface area contributed by atoms with Gasteiger partial charge in [-0.15, -0.1) is 0 Å². The van der Waals surface area contributed by atoms with Crippen molar-refractivity contribution in [2.45, 2.75) is 26.4 Å². The number of benzene rings is 1. The van der Waals surface area contributed by atoms with Crippen molar-refractivity contribution in [1.82, 2.24) is 14.8 Å². The highest BCUT2D eigenvalue weighted by Crippen LogP contribution is 2.35. The van der Waals surface area contributed by atoms with Crippen molar-refractivity contribution in [3.8, 4) is 0 Å². The fourth-order valence-corrected chi connectivity index (χ4v) is 3.48. The summed E-state index contributed by atoms with van der Waals surface area (Å²) >= 11 is 6.44. The molecule has 0 bridgehead atoms. The summed E-state index contributed by atoms with van der Waals surface area (Å²) < 4.78 is 2.21. The molecule has 0 saturated carbocycles. The molecule has 0 fully saturated rings. The Balaban J connectivity index is 1.88. The van der Waals surface area contributed by atoms with Crippen LogP contribution in [0.1, 0.15) is 31.1 Å². The van der Waals surface area contributed by atoms with Crippen LogP contribution in [0.4, 0.5) is 0 Å². The van der Waals surface area contributed by atoms with Gasteiger partial charge in [-0.3, -0.25) is 4.79 Å². The van der Waals surface area contributed by atoms with E-state index in [1.54, 1.807) is 0 Å². The first kappa shape index (κ1) is 17.1. The highest BCUT2D eigenvalue weighted by molar-refractivity contribution is 6.31. The molecule has 4 nitrogen and oxygen atoms in total. The van der Waals surface area contributed by atoms with Crippen molar-refractivity contribution in [3.05, 3.63) is 58.9 Å². The Morgan fingerprint density at radius 1 is 1.25 bits per heavy atom. The van der Waals surface area contributed by atoms with Gasteiger partial charge in [0.1, 0.15) is 0 Å². The maximum Gasteiger partial charge on any atom is 0.237 e. The van der Waals surface area contributed by atoms with Crippen molar-refractivity contribution < 1.29 is 4.79 Å². The number of rotatable bonds is 5. The third kappa shape index (κ3) is 3.50. The van der Waals surface area contributed by atoms with Crippen LogP contribution in [-0.2, 0) is 11.3 Å². The van der Waals surface area contributed by atoms with Gasteiger partial charge in [-0.05, 0) is 36.2 Å². The van der Waals surface area contributed by atoms with Gasteiger partial charge >= 0.3 is 0 Å². The highest BCUT2D eigenvalue weighted by Gasteiger charge is 2.32. The Hall–Kier alpha value is -1.78. The van der Waals surface area contributed by atoms with Crippen LogP contribution in [0.15, 0.2) is 42.6 Å². The highest BCUT2D eigenvalue weighted by atomic mass is 35.5.